The second-order valence-corrected chi connectivity index (χ2v) is 10.5. The molecule has 0 radical (unpaired) electrons. The van der Waals surface area contributed by atoms with Crippen LogP contribution in [0.4, 0.5) is 5.69 Å². The van der Waals surface area contributed by atoms with Gasteiger partial charge in [0.2, 0.25) is 0 Å². The first-order valence-corrected chi connectivity index (χ1v) is 13.1. The average Bonchev–Trinajstić information content (AvgIpc) is 2.78. The van der Waals surface area contributed by atoms with Crippen molar-refractivity contribution in [1.82, 2.24) is 5.43 Å². The summed E-state index contributed by atoms with van der Waals surface area (Å²) in [5, 5.41) is 3.95. The maximum atomic E-state index is 13.4. The fraction of sp³-hybridized carbons (Fsp3) is 0.130. The minimum Gasteiger partial charge on any atom is -0.271 e. The Morgan fingerprint density at radius 1 is 1.09 bits per heavy atom. The number of anilines is 1. The number of nitrogens with zero attached hydrogens (tertiary/aromatic N) is 2. The summed E-state index contributed by atoms with van der Waals surface area (Å²) in [5.41, 5.74) is 4.58. The van der Waals surface area contributed by atoms with Gasteiger partial charge >= 0.3 is 0 Å². The van der Waals surface area contributed by atoms with E-state index in [1.165, 1.54) is 18.0 Å². The van der Waals surface area contributed by atoms with E-state index in [4.69, 9.17) is 0 Å². The molecule has 3 aromatic rings. The number of hydrogen-bond acceptors (Lipinski definition) is 5. The molecule has 0 aliphatic rings. The van der Waals surface area contributed by atoms with E-state index in [0.717, 1.165) is 24.8 Å². The molecule has 6 nitrogen and oxygen atoms in total. The third-order valence-electron chi connectivity index (χ3n) is 4.51. The highest BCUT2D eigenvalue weighted by Crippen LogP contribution is 2.25. The summed E-state index contributed by atoms with van der Waals surface area (Å²) in [6.07, 6.45) is 3.41. The Labute approximate surface area is 200 Å². The Hall–Kier alpha value is -2.62. The van der Waals surface area contributed by atoms with Crippen molar-refractivity contribution in [2.75, 3.05) is 17.1 Å². The van der Waals surface area contributed by atoms with Crippen LogP contribution >= 0.6 is 27.7 Å². The largest absolute Gasteiger partial charge is 0.271 e. The third kappa shape index (κ3) is 6.21. The number of benzene rings is 3. The van der Waals surface area contributed by atoms with Crippen LogP contribution in [0.25, 0.3) is 0 Å². The van der Waals surface area contributed by atoms with E-state index in [1.807, 2.05) is 37.4 Å². The molecule has 0 atom stereocenters. The molecule has 0 saturated carbocycles. The first kappa shape index (κ1) is 24.0. The number of nitrogens with one attached hydrogen (secondary N) is 1. The van der Waals surface area contributed by atoms with Gasteiger partial charge in [-0.05, 0) is 67.3 Å². The lowest BCUT2D eigenvalue weighted by molar-refractivity contribution is -0.119. The van der Waals surface area contributed by atoms with E-state index in [0.29, 0.717) is 5.69 Å². The van der Waals surface area contributed by atoms with Crippen LogP contribution in [0.3, 0.4) is 0 Å². The predicted molar refractivity (Wildman–Crippen MR) is 134 cm³/mol. The zero-order valence-corrected chi connectivity index (χ0v) is 20.7. The van der Waals surface area contributed by atoms with Crippen LogP contribution in [0, 0.1) is 6.92 Å². The Balaban J connectivity index is 1.84. The van der Waals surface area contributed by atoms with Crippen LogP contribution in [-0.2, 0) is 14.8 Å². The van der Waals surface area contributed by atoms with Crippen LogP contribution in [-0.4, -0.2) is 33.3 Å². The number of thioether (sulfide) groups is 1. The molecule has 0 fully saturated rings. The standard InChI is InChI=1S/C23H22BrN3O3S2/c1-17-6-8-20(9-7-17)27(32(29,30)22-12-10-21(31-2)11-13-22)16-23(28)26-25-15-18-4-3-5-19(24)14-18/h3-15H,16H2,1-2H3,(H,26,28)/b25-15-. The highest BCUT2D eigenvalue weighted by atomic mass is 79.9. The normalized spacial score (nSPS) is 11.5. The maximum absolute atomic E-state index is 13.4. The number of halogens is 1. The van der Waals surface area contributed by atoms with Gasteiger partial charge in [-0.3, -0.25) is 9.10 Å². The van der Waals surface area contributed by atoms with Gasteiger partial charge in [0.25, 0.3) is 15.9 Å². The summed E-state index contributed by atoms with van der Waals surface area (Å²) < 4.78 is 28.7. The van der Waals surface area contributed by atoms with Gasteiger partial charge in [-0.15, -0.1) is 11.8 Å². The molecule has 32 heavy (non-hydrogen) atoms. The van der Waals surface area contributed by atoms with Gasteiger partial charge in [0.15, 0.2) is 0 Å². The number of carbonyl (C=O) groups is 1. The van der Waals surface area contributed by atoms with Crippen molar-refractivity contribution in [2.45, 2.75) is 16.7 Å². The molecule has 3 aromatic carbocycles. The van der Waals surface area contributed by atoms with Crippen molar-refractivity contribution in [2.24, 2.45) is 5.10 Å². The van der Waals surface area contributed by atoms with Crippen LogP contribution in [0.15, 0.2) is 92.2 Å². The number of rotatable bonds is 8. The van der Waals surface area contributed by atoms with E-state index in [2.05, 4.69) is 26.5 Å². The summed E-state index contributed by atoms with van der Waals surface area (Å²) in [6.45, 7) is 1.50. The van der Waals surface area contributed by atoms with E-state index in [-0.39, 0.29) is 4.90 Å². The Morgan fingerprint density at radius 2 is 1.78 bits per heavy atom. The molecule has 1 amide bonds. The molecule has 0 aliphatic heterocycles. The maximum Gasteiger partial charge on any atom is 0.264 e. The third-order valence-corrected chi connectivity index (χ3v) is 7.53. The van der Waals surface area contributed by atoms with Gasteiger partial charge in [0.1, 0.15) is 6.54 Å². The highest BCUT2D eigenvalue weighted by molar-refractivity contribution is 9.10. The quantitative estimate of drug-likeness (QED) is 0.256. The molecule has 0 aromatic heterocycles. The van der Waals surface area contributed by atoms with Crippen molar-refractivity contribution in [1.29, 1.82) is 0 Å². The Kier molecular flexibility index (Phi) is 8.11. The van der Waals surface area contributed by atoms with Crippen molar-refractivity contribution in [3.63, 3.8) is 0 Å². The fourth-order valence-corrected chi connectivity index (χ4v) is 5.08. The molecule has 0 unspecified atom stereocenters. The summed E-state index contributed by atoms with van der Waals surface area (Å²) in [5.74, 6) is -0.555. The van der Waals surface area contributed by atoms with Gasteiger partial charge < -0.3 is 0 Å². The molecule has 0 aliphatic carbocycles. The van der Waals surface area contributed by atoms with Crippen molar-refractivity contribution in [3.05, 3.63) is 88.4 Å². The zero-order valence-electron chi connectivity index (χ0n) is 17.5. The predicted octanol–water partition coefficient (Wildman–Crippen LogP) is 4.83. The summed E-state index contributed by atoms with van der Waals surface area (Å²) in [4.78, 5) is 13.6. The van der Waals surface area contributed by atoms with Crippen LogP contribution in [0.5, 0.6) is 0 Å². The van der Waals surface area contributed by atoms with E-state index in [1.54, 1.807) is 48.5 Å². The highest BCUT2D eigenvalue weighted by Gasteiger charge is 2.27. The van der Waals surface area contributed by atoms with Gasteiger partial charge in [-0.2, -0.15) is 5.10 Å². The Morgan fingerprint density at radius 3 is 2.41 bits per heavy atom. The summed E-state index contributed by atoms with van der Waals surface area (Å²) in [7, 11) is -3.96. The molecular formula is C23H22BrN3O3S2. The van der Waals surface area contributed by atoms with E-state index in [9.17, 15) is 13.2 Å². The topological polar surface area (TPSA) is 78.8 Å². The van der Waals surface area contributed by atoms with Crippen LogP contribution < -0.4 is 9.73 Å². The van der Waals surface area contributed by atoms with Crippen molar-refractivity contribution < 1.29 is 13.2 Å². The van der Waals surface area contributed by atoms with Gasteiger partial charge in [0, 0.05) is 9.37 Å². The molecule has 0 spiro atoms. The number of aryl methyl sites for hydroxylation is 1. The number of hydrogen-bond donors (Lipinski definition) is 1. The second-order valence-electron chi connectivity index (χ2n) is 6.87. The lowest BCUT2D eigenvalue weighted by Crippen LogP contribution is -2.39. The molecule has 166 valence electrons. The van der Waals surface area contributed by atoms with E-state index < -0.39 is 22.5 Å². The number of amides is 1. The van der Waals surface area contributed by atoms with Gasteiger partial charge in [-0.25, -0.2) is 13.8 Å². The lowest BCUT2D eigenvalue weighted by Gasteiger charge is -2.24. The van der Waals surface area contributed by atoms with E-state index >= 15 is 0 Å². The lowest BCUT2D eigenvalue weighted by atomic mass is 10.2. The minimum absolute atomic E-state index is 0.112. The van der Waals surface area contributed by atoms with Crippen LogP contribution in [0.1, 0.15) is 11.1 Å². The molecule has 0 bridgehead atoms. The first-order valence-electron chi connectivity index (χ1n) is 9.60. The fourth-order valence-electron chi connectivity index (χ4n) is 2.83. The first-order chi connectivity index (χ1) is 15.3. The van der Waals surface area contributed by atoms with Gasteiger partial charge in [0.05, 0.1) is 16.8 Å². The minimum atomic E-state index is -3.96. The van der Waals surface area contributed by atoms with Crippen molar-refractivity contribution >= 4 is 55.5 Å². The monoisotopic (exact) mass is 531 g/mol. The Bertz CT molecular complexity index is 1210. The summed E-state index contributed by atoms with van der Waals surface area (Å²) in [6, 6.07) is 21.0. The molecule has 3 rings (SSSR count). The molecule has 9 heteroatoms. The zero-order chi connectivity index (χ0) is 23.1. The molecular weight excluding hydrogens is 510 g/mol. The number of hydrazone groups is 1. The number of carbonyl (C=O) groups excluding carboxylic acids is 1. The van der Waals surface area contributed by atoms with Crippen molar-refractivity contribution in [3.8, 4) is 0 Å². The number of sulfonamides is 1. The second kappa shape index (κ2) is 10.8. The molecule has 1 N–H and O–H groups in total. The molecule has 0 saturated heterocycles. The van der Waals surface area contributed by atoms with Gasteiger partial charge in [-0.1, -0.05) is 45.8 Å². The SMILES string of the molecule is CSc1ccc(S(=O)(=O)N(CC(=O)N/N=C\c2cccc(Br)c2)c2ccc(C)cc2)cc1. The average molecular weight is 532 g/mol. The summed E-state index contributed by atoms with van der Waals surface area (Å²) >= 11 is 4.90. The van der Waals surface area contributed by atoms with Crippen LogP contribution in [0.2, 0.25) is 0 Å². The molecule has 0 heterocycles. The smallest absolute Gasteiger partial charge is 0.264 e.